The van der Waals surface area contributed by atoms with Crippen LogP contribution in [0.1, 0.15) is 23.2 Å². The van der Waals surface area contributed by atoms with Gasteiger partial charge in [0.15, 0.2) is 0 Å². The molecule has 0 radical (unpaired) electrons. The van der Waals surface area contributed by atoms with Gasteiger partial charge in [-0.2, -0.15) is 0 Å². The van der Waals surface area contributed by atoms with Crippen molar-refractivity contribution >= 4 is 5.91 Å². The van der Waals surface area contributed by atoms with Crippen molar-refractivity contribution in [2.24, 2.45) is 0 Å². The van der Waals surface area contributed by atoms with Gasteiger partial charge in [-0.25, -0.2) is 4.98 Å². The lowest BCUT2D eigenvalue weighted by Gasteiger charge is -2.37. The smallest absolute Gasteiger partial charge is 0.253 e. The number of hydrogen-bond acceptors (Lipinski definition) is 4. The number of likely N-dealkylation sites (tertiary alicyclic amines) is 1. The van der Waals surface area contributed by atoms with Gasteiger partial charge in [0.2, 0.25) is 0 Å². The number of para-hydroxylation sites is 1. The minimum atomic E-state index is -1.06. The highest BCUT2D eigenvalue weighted by Crippen LogP contribution is 2.24. The maximum atomic E-state index is 12.7. The van der Waals surface area contributed by atoms with E-state index in [0.717, 1.165) is 16.9 Å². The summed E-state index contributed by atoms with van der Waals surface area (Å²) in [5.74, 6) is -0.0543. The van der Waals surface area contributed by atoms with Gasteiger partial charge < -0.3 is 19.7 Å². The van der Waals surface area contributed by atoms with Crippen LogP contribution in [0.25, 0.3) is 16.9 Å². The third-order valence-electron chi connectivity index (χ3n) is 5.34. The lowest BCUT2D eigenvalue weighted by molar-refractivity contribution is -0.0546. The molecule has 1 amide bonds. The number of carbonyl (C=O) groups is 1. The summed E-state index contributed by atoms with van der Waals surface area (Å²) in [6, 6.07) is 17.4. The Morgan fingerprint density at radius 2 is 1.71 bits per heavy atom. The predicted molar refractivity (Wildman–Crippen MR) is 106 cm³/mol. The number of aliphatic hydroxyl groups is 2. The predicted octanol–water partition coefficient (Wildman–Crippen LogP) is 2.50. The molecule has 0 bridgehead atoms. The van der Waals surface area contributed by atoms with Crippen LogP contribution in [0, 0.1) is 0 Å². The zero-order valence-electron chi connectivity index (χ0n) is 15.5. The highest BCUT2D eigenvalue weighted by Gasteiger charge is 2.33. The van der Waals surface area contributed by atoms with Crippen LogP contribution < -0.4 is 0 Å². The van der Waals surface area contributed by atoms with Crippen LogP contribution in [0.2, 0.25) is 0 Å². The zero-order chi connectivity index (χ0) is 19.6. The number of piperidine rings is 1. The Labute approximate surface area is 163 Å². The quantitative estimate of drug-likeness (QED) is 0.732. The number of aliphatic hydroxyl groups excluding tert-OH is 1. The first-order chi connectivity index (χ1) is 13.6. The van der Waals surface area contributed by atoms with E-state index >= 15 is 0 Å². The van der Waals surface area contributed by atoms with Gasteiger partial charge >= 0.3 is 0 Å². The maximum Gasteiger partial charge on any atom is 0.253 e. The van der Waals surface area contributed by atoms with Crippen LogP contribution in [0.5, 0.6) is 0 Å². The van der Waals surface area contributed by atoms with Crippen LogP contribution in [0.3, 0.4) is 0 Å². The molecule has 1 aliphatic heterocycles. The number of aromatic nitrogens is 2. The molecule has 4 rings (SSSR count). The molecule has 2 heterocycles. The Bertz CT molecular complexity index is 943. The molecule has 2 N–H and O–H groups in total. The van der Waals surface area contributed by atoms with Crippen molar-refractivity contribution in [1.82, 2.24) is 14.5 Å². The SMILES string of the molecule is O=C(c1ccc(-c2cn(-c3ccccc3)cn2)cc1)N1CCC(O)(CO)CC1. The van der Waals surface area contributed by atoms with Crippen molar-refractivity contribution in [3.05, 3.63) is 72.7 Å². The van der Waals surface area contributed by atoms with Gasteiger partial charge in [-0.15, -0.1) is 0 Å². The molecule has 0 spiro atoms. The van der Waals surface area contributed by atoms with Crippen molar-refractivity contribution in [2.45, 2.75) is 18.4 Å². The third kappa shape index (κ3) is 3.69. The third-order valence-corrected chi connectivity index (χ3v) is 5.34. The van der Waals surface area contributed by atoms with Crippen LogP contribution in [-0.2, 0) is 0 Å². The van der Waals surface area contributed by atoms with Gasteiger partial charge in [0.25, 0.3) is 5.91 Å². The van der Waals surface area contributed by atoms with E-state index in [1.807, 2.05) is 65.4 Å². The molecule has 0 atom stereocenters. The molecule has 6 nitrogen and oxygen atoms in total. The summed E-state index contributed by atoms with van der Waals surface area (Å²) >= 11 is 0. The largest absolute Gasteiger partial charge is 0.393 e. The van der Waals surface area contributed by atoms with E-state index < -0.39 is 5.60 Å². The minimum Gasteiger partial charge on any atom is -0.393 e. The van der Waals surface area contributed by atoms with Gasteiger partial charge in [0.1, 0.15) is 0 Å². The first-order valence-corrected chi connectivity index (χ1v) is 9.40. The van der Waals surface area contributed by atoms with E-state index in [1.54, 1.807) is 11.2 Å². The summed E-state index contributed by atoms with van der Waals surface area (Å²) in [6.45, 7) is 0.623. The molecule has 3 aromatic rings. The van der Waals surface area contributed by atoms with E-state index in [2.05, 4.69) is 4.98 Å². The zero-order valence-corrected chi connectivity index (χ0v) is 15.5. The second-order valence-electron chi connectivity index (χ2n) is 7.25. The summed E-state index contributed by atoms with van der Waals surface area (Å²) < 4.78 is 1.96. The summed E-state index contributed by atoms with van der Waals surface area (Å²) in [4.78, 5) is 18.9. The van der Waals surface area contributed by atoms with E-state index in [0.29, 0.717) is 31.5 Å². The Hall–Kier alpha value is -2.96. The first kappa shape index (κ1) is 18.4. The van der Waals surface area contributed by atoms with Crippen LogP contribution in [0.4, 0.5) is 0 Å². The van der Waals surface area contributed by atoms with Gasteiger partial charge in [0, 0.05) is 36.1 Å². The number of carbonyl (C=O) groups excluding carboxylic acids is 1. The number of rotatable bonds is 4. The summed E-state index contributed by atoms with van der Waals surface area (Å²) in [6.07, 6.45) is 4.53. The van der Waals surface area contributed by atoms with Crippen molar-refractivity contribution < 1.29 is 15.0 Å². The van der Waals surface area contributed by atoms with Crippen LogP contribution in [0.15, 0.2) is 67.1 Å². The molecule has 0 saturated carbocycles. The summed E-state index contributed by atoms with van der Waals surface area (Å²) in [7, 11) is 0. The first-order valence-electron chi connectivity index (χ1n) is 9.40. The molecule has 1 saturated heterocycles. The molecule has 1 fully saturated rings. The highest BCUT2D eigenvalue weighted by molar-refractivity contribution is 5.94. The second kappa shape index (κ2) is 7.58. The van der Waals surface area contributed by atoms with Gasteiger partial charge in [-0.1, -0.05) is 30.3 Å². The second-order valence-corrected chi connectivity index (χ2v) is 7.25. The molecule has 6 heteroatoms. The van der Waals surface area contributed by atoms with Crippen LogP contribution >= 0.6 is 0 Å². The number of hydrogen-bond donors (Lipinski definition) is 2. The average Bonchev–Trinajstić information content (AvgIpc) is 3.25. The fourth-order valence-corrected chi connectivity index (χ4v) is 3.46. The van der Waals surface area contributed by atoms with E-state index in [4.69, 9.17) is 0 Å². The normalized spacial score (nSPS) is 16.1. The van der Waals surface area contributed by atoms with Crippen molar-refractivity contribution in [2.75, 3.05) is 19.7 Å². The number of amides is 1. The highest BCUT2D eigenvalue weighted by atomic mass is 16.3. The molecular weight excluding hydrogens is 354 g/mol. The van der Waals surface area contributed by atoms with Gasteiger partial charge in [0.05, 0.1) is 24.2 Å². The van der Waals surface area contributed by atoms with Crippen molar-refractivity contribution in [1.29, 1.82) is 0 Å². The van der Waals surface area contributed by atoms with E-state index in [1.165, 1.54) is 0 Å². The molecular formula is C22H23N3O3. The molecule has 0 unspecified atom stereocenters. The van der Waals surface area contributed by atoms with Crippen LogP contribution in [-0.4, -0.2) is 55.9 Å². The monoisotopic (exact) mass is 377 g/mol. The Morgan fingerprint density at radius 1 is 1.04 bits per heavy atom. The molecule has 2 aromatic carbocycles. The molecule has 1 aromatic heterocycles. The lowest BCUT2D eigenvalue weighted by Crippen LogP contribution is -2.48. The Kier molecular flexibility index (Phi) is 4.98. The minimum absolute atomic E-state index is 0.0543. The van der Waals surface area contributed by atoms with E-state index in [9.17, 15) is 15.0 Å². The maximum absolute atomic E-state index is 12.7. The molecule has 0 aliphatic carbocycles. The van der Waals surface area contributed by atoms with Crippen molar-refractivity contribution in [3.63, 3.8) is 0 Å². The van der Waals surface area contributed by atoms with Gasteiger partial charge in [-0.05, 0) is 37.1 Å². The molecule has 28 heavy (non-hydrogen) atoms. The van der Waals surface area contributed by atoms with Crippen molar-refractivity contribution in [3.8, 4) is 16.9 Å². The number of imidazole rings is 1. The summed E-state index contributed by atoms with van der Waals surface area (Å²) in [5, 5.41) is 19.3. The lowest BCUT2D eigenvalue weighted by atomic mass is 9.92. The summed E-state index contributed by atoms with van der Waals surface area (Å²) in [5.41, 5.74) is 2.38. The Balaban J connectivity index is 1.46. The van der Waals surface area contributed by atoms with E-state index in [-0.39, 0.29) is 12.5 Å². The Morgan fingerprint density at radius 3 is 2.36 bits per heavy atom. The average molecular weight is 377 g/mol. The molecule has 144 valence electrons. The topological polar surface area (TPSA) is 78.6 Å². The molecule has 1 aliphatic rings. The fourth-order valence-electron chi connectivity index (χ4n) is 3.46. The fraction of sp³-hybridized carbons (Fsp3) is 0.273. The van der Waals surface area contributed by atoms with Gasteiger partial charge in [-0.3, -0.25) is 4.79 Å². The standard InChI is InChI=1S/C22H23N3O3/c26-15-22(28)10-12-24(13-11-22)21(27)18-8-6-17(7-9-18)20-14-25(16-23-20)19-4-2-1-3-5-19/h1-9,14,16,26,28H,10-13,15H2. The number of benzene rings is 2. The number of nitrogens with zero attached hydrogens (tertiary/aromatic N) is 3.